The summed E-state index contributed by atoms with van der Waals surface area (Å²) in [5.41, 5.74) is 2.66. The minimum Gasteiger partial charge on any atom is -0.314 e. The molecule has 0 aromatic carbocycles. The Labute approximate surface area is 228 Å². The highest BCUT2D eigenvalue weighted by atomic mass is 19.1. The van der Waals surface area contributed by atoms with Crippen LogP contribution in [-0.4, -0.2) is 54.8 Å². The Hall–Kier alpha value is -1.76. The van der Waals surface area contributed by atoms with Crippen LogP contribution in [-0.2, 0) is 9.63 Å². The standard InChI is InChI=1S/C31H48FN3O3/c1-21(34-38-29(37)35(19-16-32)18-13-23-6-4-5-17-33-23)26-9-10-27-25-8-7-22-20-24(36)11-14-30(22,2)28(25)12-15-31(26,27)3/h20,23,25-28,33H,4-19H2,1-3H3/b34-21+/t23?,25-,26+,27-,28-,30-,31+/m0/s1. The lowest BCUT2D eigenvalue weighted by Gasteiger charge is -2.58. The van der Waals surface area contributed by atoms with Gasteiger partial charge in [0, 0.05) is 24.9 Å². The maximum absolute atomic E-state index is 13.2. The average Bonchev–Trinajstić information content (AvgIpc) is 3.28. The summed E-state index contributed by atoms with van der Waals surface area (Å²) in [4.78, 5) is 31.9. The van der Waals surface area contributed by atoms with Crippen LogP contribution >= 0.6 is 0 Å². The predicted molar refractivity (Wildman–Crippen MR) is 148 cm³/mol. The Balaban J connectivity index is 1.22. The third kappa shape index (κ3) is 5.21. The lowest BCUT2D eigenvalue weighted by atomic mass is 9.46. The van der Waals surface area contributed by atoms with Gasteiger partial charge in [-0.3, -0.25) is 9.63 Å². The third-order valence-corrected chi connectivity index (χ3v) is 11.5. The number of ketones is 1. The SMILES string of the molecule is C/C(=N\OC(=O)N(CCF)CCC1CCCCN1)[C@H]1CC[C@H]2[C@@H]3CCC4=CC(=O)CC[C@]4(C)[C@H]3CC[C@]12C. The molecule has 1 N–H and O–H groups in total. The van der Waals surface area contributed by atoms with E-state index in [0.29, 0.717) is 48.5 Å². The Morgan fingerprint density at radius 1 is 1.11 bits per heavy atom. The number of alkyl halides is 1. The fourth-order valence-corrected chi connectivity index (χ4v) is 9.36. The molecule has 7 atom stereocenters. The van der Waals surface area contributed by atoms with Crippen molar-refractivity contribution < 1.29 is 18.8 Å². The Morgan fingerprint density at radius 2 is 1.95 bits per heavy atom. The first-order valence-electron chi connectivity index (χ1n) is 15.3. The van der Waals surface area contributed by atoms with Crippen molar-refractivity contribution >= 4 is 17.6 Å². The van der Waals surface area contributed by atoms with Gasteiger partial charge in [0.05, 0.1) is 12.3 Å². The van der Waals surface area contributed by atoms with E-state index in [1.54, 1.807) is 0 Å². The molecule has 0 aromatic rings. The summed E-state index contributed by atoms with van der Waals surface area (Å²) in [6.07, 6.45) is 14.3. The van der Waals surface area contributed by atoms with Crippen LogP contribution in [0.1, 0.15) is 97.8 Å². The summed E-state index contributed by atoms with van der Waals surface area (Å²) in [6, 6.07) is 0.386. The maximum Gasteiger partial charge on any atom is 0.436 e. The molecule has 0 aromatic heterocycles. The molecule has 1 unspecified atom stereocenters. The summed E-state index contributed by atoms with van der Waals surface area (Å²) in [7, 11) is 0. The first kappa shape index (κ1) is 27.8. The second-order valence-corrected chi connectivity index (χ2v) is 13.3. The summed E-state index contributed by atoms with van der Waals surface area (Å²) in [6.45, 7) is 7.86. The number of nitrogens with zero attached hydrogens (tertiary/aromatic N) is 2. The van der Waals surface area contributed by atoms with Gasteiger partial charge in [0.15, 0.2) is 5.78 Å². The largest absolute Gasteiger partial charge is 0.436 e. The van der Waals surface area contributed by atoms with Gasteiger partial charge in [0.25, 0.3) is 0 Å². The molecular formula is C31H48FN3O3. The van der Waals surface area contributed by atoms with Crippen LogP contribution in [0.2, 0.25) is 0 Å². The van der Waals surface area contributed by atoms with Crippen molar-refractivity contribution in [1.82, 2.24) is 10.2 Å². The lowest BCUT2D eigenvalue weighted by Crippen LogP contribution is -2.51. The van der Waals surface area contributed by atoms with Crippen molar-refractivity contribution in [2.45, 2.75) is 104 Å². The van der Waals surface area contributed by atoms with Gasteiger partial charge in [0.1, 0.15) is 6.67 Å². The number of hydrogen-bond donors (Lipinski definition) is 1. The van der Waals surface area contributed by atoms with Gasteiger partial charge < -0.3 is 10.2 Å². The Morgan fingerprint density at radius 3 is 2.71 bits per heavy atom. The number of allylic oxidation sites excluding steroid dienone is 1. The fraction of sp³-hybridized carbons (Fsp3) is 0.839. The first-order valence-corrected chi connectivity index (χ1v) is 15.3. The van der Waals surface area contributed by atoms with E-state index in [-0.39, 0.29) is 17.4 Å². The van der Waals surface area contributed by atoms with Crippen molar-refractivity contribution in [2.24, 2.45) is 39.7 Å². The van der Waals surface area contributed by atoms with E-state index < -0.39 is 12.8 Å². The van der Waals surface area contributed by atoms with Crippen LogP contribution in [0.15, 0.2) is 16.8 Å². The van der Waals surface area contributed by atoms with E-state index in [9.17, 15) is 14.0 Å². The molecule has 3 saturated carbocycles. The van der Waals surface area contributed by atoms with Crippen molar-refractivity contribution in [3.63, 3.8) is 0 Å². The minimum absolute atomic E-state index is 0.0488. The molecule has 1 heterocycles. The molecule has 5 rings (SSSR count). The summed E-state index contributed by atoms with van der Waals surface area (Å²) < 4.78 is 13.2. The number of carbonyl (C=O) groups excluding carboxylic acids is 2. The zero-order chi connectivity index (χ0) is 26.9. The van der Waals surface area contributed by atoms with Crippen LogP contribution in [0.4, 0.5) is 9.18 Å². The smallest absolute Gasteiger partial charge is 0.314 e. The molecule has 7 heteroatoms. The normalized spacial score (nSPS) is 39.1. The Kier molecular flexibility index (Phi) is 8.33. The van der Waals surface area contributed by atoms with E-state index in [4.69, 9.17) is 4.84 Å². The zero-order valence-electron chi connectivity index (χ0n) is 23.8. The van der Waals surface area contributed by atoms with Gasteiger partial charge in [-0.1, -0.05) is 31.0 Å². The van der Waals surface area contributed by atoms with E-state index in [2.05, 4.69) is 24.3 Å². The van der Waals surface area contributed by atoms with Crippen molar-refractivity contribution in [2.75, 3.05) is 26.3 Å². The van der Waals surface area contributed by atoms with Crippen LogP contribution in [0.3, 0.4) is 0 Å². The van der Waals surface area contributed by atoms with E-state index in [1.807, 2.05) is 13.0 Å². The lowest BCUT2D eigenvalue weighted by molar-refractivity contribution is -0.117. The van der Waals surface area contributed by atoms with Crippen molar-refractivity contribution in [3.05, 3.63) is 11.6 Å². The van der Waals surface area contributed by atoms with Gasteiger partial charge in [-0.25, -0.2) is 9.18 Å². The monoisotopic (exact) mass is 529 g/mol. The average molecular weight is 530 g/mol. The summed E-state index contributed by atoms with van der Waals surface area (Å²) in [5, 5.41) is 7.87. The van der Waals surface area contributed by atoms with Crippen LogP contribution in [0.25, 0.3) is 0 Å². The zero-order valence-corrected chi connectivity index (χ0v) is 23.8. The van der Waals surface area contributed by atoms with Gasteiger partial charge in [-0.15, -0.1) is 0 Å². The molecule has 0 bridgehead atoms. The number of rotatable bonds is 7. The highest BCUT2D eigenvalue weighted by molar-refractivity contribution is 5.91. The van der Waals surface area contributed by atoms with Gasteiger partial charge in [0.2, 0.25) is 0 Å². The van der Waals surface area contributed by atoms with Gasteiger partial charge >= 0.3 is 6.09 Å². The number of amides is 1. The molecule has 38 heavy (non-hydrogen) atoms. The number of hydrogen-bond acceptors (Lipinski definition) is 5. The highest BCUT2D eigenvalue weighted by Crippen LogP contribution is 2.66. The van der Waals surface area contributed by atoms with Crippen LogP contribution in [0.5, 0.6) is 0 Å². The molecule has 0 radical (unpaired) electrons. The van der Waals surface area contributed by atoms with Gasteiger partial charge in [-0.05, 0) is 112 Å². The molecule has 212 valence electrons. The Bertz CT molecular complexity index is 960. The molecule has 1 aliphatic heterocycles. The van der Waals surface area contributed by atoms with Crippen LogP contribution < -0.4 is 5.32 Å². The maximum atomic E-state index is 13.2. The number of fused-ring (bicyclic) bond motifs is 5. The number of nitrogens with one attached hydrogen (secondary N) is 1. The molecule has 4 aliphatic carbocycles. The van der Waals surface area contributed by atoms with E-state index in [0.717, 1.165) is 50.8 Å². The second kappa shape index (κ2) is 11.4. The second-order valence-electron chi connectivity index (χ2n) is 13.3. The number of carbonyl (C=O) groups is 2. The molecule has 1 saturated heterocycles. The molecule has 1 amide bonds. The highest BCUT2D eigenvalue weighted by Gasteiger charge is 2.59. The van der Waals surface area contributed by atoms with Gasteiger partial charge in [-0.2, -0.15) is 0 Å². The third-order valence-electron chi connectivity index (χ3n) is 11.5. The minimum atomic E-state index is -0.579. The van der Waals surface area contributed by atoms with Crippen LogP contribution in [0, 0.1) is 34.5 Å². The quantitative estimate of drug-likeness (QED) is 0.234. The number of halogens is 1. The summed E-state index contributed by atoms with van der Waals surface area (Å²) >= 11 is 0. The van der Waals surface area contributed by atoms with Crippen molar-refractivity contribution in [1.29, 1.82) is 0 Å². The number of piperidine rings is 1. The fourth-order valence-electron chi connectivity index (χ4n) is 9.36. The number of oxime groups is 1. The summed E-state index contributed by atoms with van der Waals surface area (Å²) in [5.74, 6) is 2.62. The molecule has 6 nitrogen and oxygen atoms in total. The molecule has 4 fully saturated rings. The molecule has 0 spiro atoms. The van der Waals surface area contributed by atoms with E-state index in [1.165, 1.54) is 42.6 Å². The topological polar surface area (TPSA) is 71.0 Å². The molecular weight excluding hydrogens is 481 g/mol. The van der Waals surface area contributed by atoms with Crippen molar-refractivity contribution in [3.8, 4) is 0 Å². The molecule has 5 aliphatic rings. The van der Waals surface area contributed by atoms with E-state index >= 15 is 0 Å². The first-order chi connectivity index (χ1) is 18.3. The predicted octanol–water partition coefficient (Wildman–Crippen LogP) is 6.45.